The van der Waals surface area contributed by atoms with Gasteiger partial charge in [0.05, 0.1) is 22.8 Å². The van der Waals surface area contributed by atoms with Crippen LogP contribution in [0, 0.1) is 17.5 Å². The van der Waals surface area contributed by atoms with E-state index >= 15 is 0 Å². The highest BCUT2D eigenvalue weighted by atomic mass is 35.5. The topological polar surface area (TPSA) is 144 Å². The van der Waals surface area contributed by atoms with Crippen molar-refractivity contribution in [3.05, 3.63) is 75.4 Å². The molecule has 0 saturated carbocycles. The zero-order chi connectivity index (χ0) is 27.9. The molecule has 1 fully saturated rings. The van der Waals surface area contributed by atoms with E-state index in [4.69, 9.17) is 32.7 Å². The van der Waals surface area contributed by atoms with Crippen LogP contribution in [0.3, 0.4) is 0 Å². The summed E-state index contributed by atoms with van der Waals surface area (Å²) in [5, 5.41) is 43.7. The average molecular weight is 604 g/mol. The van der Waals surface area contributed by atoms with Gasteiger partial charge < -0.3 is 19.7 Å². The minimum absolute atomic E-state index is 0.0703. The molecule has 3 N–H and O–H groups in total. The minimum Gasteiger partial charge on any atom is -0.394 e. The standard InChI is InChI=1S/C22H18Cl2F3N7O4S/c23-11-2-1-10(5-12(11)24)22(34-6-15(28-33-34)9-3-13(25)18(27)14(26)4-9)19(36)16(7-35)38-21(39)20(22)37-8-17-29-31-32-30-17/h1-6,16,19-21,35-36,39H,7-8H2,(H,29,30,31,32)/t16-,19+,20+,21-,22+/m0/s1. The molecule has 5 atom stereocenters. The lowest BCUT2D eigenvalue weighted by Gasteiger charge is -2.51. The van der Waals surface area contributed by atoms with Gasteiger partial charge in [0.1, 0.15) is 41.6 Å². The van der Waals surface area contributed by atoms with Crippen LogP contribution in [-0.4, -0.2) is 76.2 Å². The highest BCUT2D eigenvalue weighted by Gasteiger charge is 2.59. The number of thiol groups is 1. The normalized spacial score (nSPS) is 25.2. The van der Waals surface area contributed by atoms with Crippen LogP contribution in [0.25, 0.3) is 11.3 Å². The lowest BCUT2D eigenvalue weighted by atomic mass is 9.75. The molecule has 0 radical (unpaired) electrons. The quantitative estimate of drug-likeness (QED) is 0.185. The first-order valence-electron chi connectivity index (χ1n) is 11.2. The Hall–Kier alpha value is -2.79. The van der Waals surface area contributed by atoms with Gasteiger partial charge in [0.25, 0.3) is 0 Å². The maximum atomic E-state index is 14.0. The number of H-pyrrole nitrogens is 1. The molecular formula is C22H18Cl2F3N7O4S. The second-order valence-electron chi connectivity index (χ2n) is 8.51. The molecule has 2 aromatic heterocycles. The summed E-state index contributed by atoms with van der Waals surface area (Å²) in [5.41, 5.74) is -2.79. The first-order chi connectivity index (χ1) is 18.7. The van der Waals surface area contributed by atoms with Crippen molar-refractivity contribution >= 4 is 35.8 Å². The van der Waals surface area contributed by atoms with E-state index in [0.29, 0.717) is 0 Å². The summed E-state index contributed by atoms with van der Waals surface area (Å²) in [6.45, 7) is -0.855. The predicted octanol–water partition coefficient (Wildman–Crippen LogP) is 2.52. The lowest BCUT2D eigenvalue weighted by Crippen LogP contribution is -2.67. The van der Waals surface area contributed by atoms with E-state index in [1.807, 2.05) is 0 Å². The lowest BCUT2D eigenvalue weighted by molar-refractivity contribution is -0.223. The number of hydrogen-bond acceptors (Lipinski definition) is 10. The third-order valence-electron chi connectivity index (χ3n) is 6.31. The molecule has 0 unspecified atom stereocenters. The van der Waals surface area contributed by atoms with Crippen molar-refractivity contribution in [2.24, 2.45) is 0 Å². The van der Waals surface area contributed by atoms with Gasteiger partial charge in [-0.2, -0.15) is 5.21 Å². The zero-order valence-corrected chi connectivity index (χ0v) is 21.8. The van der Waals surface area contributed by atoms with Gasteiger partial charge >= 0.3 is 0 Å². The molecule has 2 aromatic carbocycles. The van der Waals surface area contributed by atoms with Gasteiger partial charge in [-0.25, -0.2) is 17.9 Å². The molecule has 0 aliphatic carbocycles. The molecule has 17 heteroatoms. The van der Waals surface area contributed by atoms with E-state index in [2.05, 4.69) is 43.6 Å². The van der Waals surface area contributed by atoms with Crippen molar-refractivity contribution in [1.82, 2.24) is 35.6 Å². The number of rotatable bonds is 7. The first-order valence-corrected chi connectivity index (χ1v) is 12.4. The summed E-state index contributed by atoms with van der Waals surface area (Å²) >= 11 is 17.0. The number of tetrazole rings is 1. The van der Waals surface area contributed by atoms with Gasteiger partial charge in [-0.15, -0.1) is 27.9 Å². The van der Waals surface area contributed by atoms with E-state index in [0.717, 1.165) is 12.1 Å². The fourth-order valence-electron chi connectivity index (χ4n) is 4.51. The average Bonchev–Trinajstić information content (AvgIpc) is 3.62. The minimum atomic E-state index is -1.78. The molecule has 1 aliphatic heterocycles. The van der Waals surface area contributed by atoms with Gasteiger partial charge in [-0.3, -0.25) is 0 Å². The van der Waals surface area contributed by atoms with Crippen molar-refractivity contribution in [1.29, 1.82) is 0 Å². The fraction of sp³-hybridized carbons (Fsp3) is 0.318. The van der Waals surface area contributed by atoms with Gasteiger partial charge in [0, 0.05) is 5.56 Å². The van der Waals surface area contributed by atoms with Crippen LogP contribution in [0.1, 0.15) is 11.4 Å². The number of halogens is 5. The second kappa shape index (κ2) is 11.0. The Kier molecular flexibility index (Phi) is 7.83. The van der Waals surface area contributed by atoms with Crippen molar-refractivity contribution in [3.8, 4) is 11.3 Å². The predicted molar refractivity (Wildman–Crippen MR) is 132 cm³/mol. The molecule has 11 nitrogen and oxygen atoms in total. The molecule has 1 aliphatic rings. The van der Waals surface area contributed by atoms with Crippen molar-refractivity contribution in [3.63, 3.8) is 0 Å². The molecule has 4 aromatic rings. The van der Waals surface area contributed by atoms with Crippen molar-refractivity contribution in [2.75, 3.05) is 6.61 Å². The van der Waals surface area contributed by atoms with Gasteiger partial charge in [0.2, 0.25) is 0 Å². The summed E-state index contributed by atoms with van der Waals surface area (Å²) in [5.74, 6) is -4.34. The molecule has 5 rings (SSSR count). The summed E-state index contributed by atoms with van der Waals surface area (Å²) in [6.07, 6.45) is -2.73. The fourth-order valence-corrected chi connectivity index (χ4v) is 5.28. The zero-order valence-electron chi connectivity index (χ0n) is 19.4. The number of aliphatic hydroxyl groups excluding tert-OH is 2. The van der Waals surface area contributed by atoms with Crippen LogP contribution in [-0.2, 0) is 21.6 Å². The Balaban J connectivity index is 1.71. The Morgan fingerprint density at radius 3 is 2.51 bits per heavy atom. The monoisotopic (exact) mass is 603 g/mol. The maximum absolute atomic E-state index is 14.0. The smallest absolute Gasteiger partial charge is 0.200 e. The summed E-state index contributed by atoms with van der Waals surface area (Å²) in [7, 11) is 0. The van der Waals surface area contributed by atoms with Gasteiger partial charge in [0.15, 0.2) is 23.3 Å². The molecule has 3 heterocycles. The highest BCUT2D eigenvalue weighted by molar-refractivity contribution is 7.80. The Morgan fingerprint density at radius 2 is 1.87 bits per heavy atom. The van der Waals surface area contributed by atoms with Crippen molar-refractivity contribution in [2.45, 2.75) is 35.9 Å². The Morgan fingerprint density at radius 1 is 1.13 bits per heavy atom. The number of aromatic amines is 1. The van der Waals surface area contributed by atoms with Crippen LogP contribution in [0.2, 0.25) is 10.0 Å². The third-order valence-corrected chi connectivity index (χ3v) is 7.44. The SMILES string of the molecule is OC[C@@H]1O[C@@H](S)[C@@H](OCc2nn[nH]n2)[C@](c2ccc(Cl)c(Cl)c2)(n2cc(-c3cc(F)c(F)c(F)c3)nn2)[C@@H]1O. The molecule has 206 valence electrons. The molecular weight excluding hydrogens is 586 g/mol. The van der Waals surface area contributed by atoms with E-state index in [1.54, 1.807) is 6.07 Å². The van der Waals surface area contributed by atoms with Gasteiger partial charge in [-0.1, -0.05) is 39.7 Å². The van der Waals surface area contributed by atoms with E-state index in [9.17, 15) is 23.4 Å². The summed E-state index contributed by atoms with van der Waals surface area (Å²) in [6, 6.07) is 5.98. The van der Waals surface area contributed by atoms with Crippen LogP contribution in [0.4, 0.5) is 13.2 Å². The molecule has 1 saturated heterocycles. The van der Waals surface area contributed by atoms with Crippen LogP contribution < -0.4 is 0 Å². The van der Waals surface area contributed by atoms with E-state index in [1.165, 1.54) is 23.0 Å². The third kappa shape index (κ3) is 4.88. The molecule has 0 spiro atoms. The number of nitrogens with one attached hydrogen (secondary N) is 1. The summed E-state index contributed by atoms with van der Waals surface area (Å²) < 4.78 is 54.6. The Labute approximate surface area is 233 Å². The van der Waals surface area contributed by atoms with Gasteiger partial charge in [-0.05, 0) is 29.8 Å². The number of ether oxygens (including phenoxy) is 2. The van der Waals surface area contributed by atoms with Crippen LogP contribution in [0.15, 0.2) is 36.5 Å². The summed E-state index contributed by atoms with van der Waals surface area (Å²) in [4.78, 5) is 0. The van der Waals surface area contributed by atoms with E-state index in [-0.39, 0.29) is 39.3 Å². The number of nitrogens with zero attached hydrogens (tertiary/aromatic N) is 6. The second-order valence-corrected chi connectivity index (χ2v) is 9.83. The molecule has 0 bridgehead atoms. The number of hydrogen-bond donors (Lipinski definition) is 4. The molecule has 0 amide bonds. The number of benzene rings is 2. The largest absolute Gasteiger partial charge is 0.394 e. The van der Waals surface area contributed by atoms with Crippen molar-refractivity contribution < 1.29 is 32.9 Å². The van der Waals surface area contributed by atoms with E-state index < -0.39 is 53.3 Å². The van der Waals surface area contributed by atoms with Crippen LogP contribution >= 0.6 is 35.8 Å². The highest BCUT2D eigenvalue weighted by Crippen LogP contribution is 2.45. The molecule has 39 heavy (non-hydrogen) atoms. The first kappa shape index (κ1) is 27.8. The Bertz CT molecular complexity index is 1460. The maximum Gasteiger partial charge on any atom is 0.200 e. The van der Waals surface area contributed by atoms with Crippen LogP contribution in [0.5, 0.6) is 0 Å². The number of aromatic nitrogens is 7. The number of aliphatic hydroxyl groups is 2.